The van der Waals surface area contributed by atoms with Crippen molar-refractivity contribution in [2.75, 3.05) is 6.54 Å². The summed E-state index contributed by atoms with van der Waals surface area (Å²) in [5.41, 5.74) is 1.22. The van der Waals surface area contributed by atoms with E-state index in [1.54, 1.807) is 0 Å². The van der Waals surface area contributed by atoms with Crippen LogP contribution in [0.1, 0.15) is 38.7 Å². The van der Waals surface area contributed by atoms with Gasteiger partial charge >= 0.3 is 0 Å². The Morgan fingerprint density at radius 1 is 1.28 bits per heavy atom. The van der Waals surface area contributed by atoms with E-state index >= 15 is 0 Å². The van der Waals surface area contributed by atoms with Crippen LogP contribution in [0.5, 0.6) is 0 Å². The lowest BCUT2D eigenvalue weighted by Crippen LogP contribution is -2.45. The second-order valence-corrected chi connectivity index (χ2v) is 6.04. The molecule has 1 aromatic carbocycles. The lowest BCUT2D eigenvalue weighted by molar-refractivity contribution is -0.121. The Labute approximate surface area is 109 Å². The highest BCUT2D eigenvalue weighted by Gasteiger charge is 2.38. The van der Waals surface area contributed by atoms with Crippen LogP contribution in [0.25, 0.3) is 0 Å². The number of hydrogen-bond acceptors (Lipinski definition) is 2. The van der Waals surface area contributed by atoms with Gasteiger partial charge in [-0.1, -0.05) is 30.3 Å². The highest BCUT2D eigenvalue weighted by Crippen LogP contribution is 2.40. The Morgan fingerprint density at radius 3 is 2.56 bits per heavy atom. The standard InChI is InChI=1S/C15H22N2O/c1-15(2,3)17-14(18)10-16-13-9-12(13)11-7-5-4-6-8-11/h4-8,12-13,16H,9-10H2,1-3H3,(H,17,18)/t12-,13+/m0/s1. The van der Waals surface area contributed by atoms with E-state index in [0.717, 1.165) is 6.42 Å². The summed E-state index contributed by atoms with van der Waals surface area (Å²) in [6, 6.07) is 10.9. The summed E-state index contributed by atoms with van der Waals surface area (Å²) in [5.74, 6) is 0.648. The summed E-state index contributed by atoms with van der Waals surface area (Å²) in [5, 5.41) is 6.27. The lowest BCUT2D eigenvalue weighted by Gasteiger charge is -2.20. The SMILES string of the molecule is CC(C)(C)NC(=O)CN[C@@H]1C[C@H]1c1ccccc1. The summed E-state index contributed by atoms with van der Waals surface area (Å²) in [6.45, 7) is 6.39. The molecule has 1 saturated carbocycles. The van der Waals surface area contributed by atoms with Gasteiger partial charge in [0.25, 0.3) is 0 Å². The zero-order valence-electron chi connectivity index (χ0n) is 11.4. The molecule has 3 nitrogen and oxygen atoms in total. The molecule has 0 bridgehead atoms. The molecule has 3 heteroatoms. The van der Waals surface area contributed by atoms with Gasteiger partial charge in [0.05, 0.1) is 6.54 Å². The van der Waals surface area contributed by atoms with Gasteiger partial charge in [-0.3, -0.25) is 4.79 Å². The minimum atomic E-state index is -0.152. The largest absolute Gasteiger partial charge is 0.350 e. The molecule has 1 aliphatic rings. The smallest absolute Gasteiger partial charge is 0.234 e. The summed E-state index contributed by atoms with van der Waals surface area (Å²) in [7, 11) is 0. The maximum Gasteiger partial charge on any atom is 0.234 e. The third-order valence-corrected chi connectivity index (χ3v) is 3.06. The fourth-order valence-corrected chi connectivity index (χ4v) is 2.18. The maximum absolute atomic E-state index is 11.7. The minimum absolute atomic E-state index is 0.0706. The lowest BCUT2D eigenvalue weighted by atomic mass is 10.1. The summed E-state index contributed by atoms with van der Waals surface area (Å²) >= 11 is 0. The van der Waals surface area contributed by atoms with E-state index in [0.29, 0.717) is 18.5 Å². The van der Waals surface area contributed by atoms with Crippen LogP contribution in [-0.2, 0) is 4.79 Å². The molecule has 2 rings (SSSR count). The molecule has 1 aromatic rings. The van der Waals surface area contributed by atoms with Crippen LogP contribution < -0.4 is 10.6 Å². The van der Waals surface area contributed by atoms with Crippen molar-refractivity contribution >= 4 is 5.91 Å². The van der Waals surface area contributed by atoms with Gasteiger partial charge in [-0.15, -0.1) is 0 Å². The van der Waals surface area contributed by atoms with Gasteiger partial charge in [-0.25, -0.2) is 0 Å². The Hall–Kier alpha value is -1.35. The Morgan fingerprint density at radius 2 is 1.94 bits per heavy atom. The zero-order valence-corrected chi connectivity index (χ0v) is 11.4. The first-order chi connectivity index (χ1) is 8.46. The second-order valence-electron chi connectivity index (χ2n) is 6.04. The normalized spacial score (nSPS) is 22.6. The van der Waals surface area contributed by atoms with Crippen LogP contribution >= 0.6 is 0 Å². The van der Waals surface area contributed by atoms with Crippen LogP contribution in [0.4, 0.5) is 0 Å². The molecule has 18 heavy (non-hydrogen) atoms. The van der Waals surface area contributed by atoms with Gasteiger partial charge in [-0.05, 0) is 32.8 Å². The molecule has 1 aliphatic carbocycles. The third kappa shape index (κ3) is 3.84. The van der Waals surface area contributed by atoms with Gasteiger partial charge < -0.3 is 10.6 Å². The van der Waals surface area contributed by atoms with Gasteiger partial charge in [0, 0.05) is 17.5 Å². The molecular weight excluding hydrogens is 224 g/mol. The molecule has 0 aromatic heterocycles. The molecular formula is C15H22N2O. The third-order valence-electron chi connectivity index (χ3n) is 3.06. The molecule has 1 fully saturated rings. The van der Waals surface area contributed by atoms with E-state index in [1.807, 2.05) is 26.8 Å². The predicted octanol–water partition coefficient (Wildman–Crippen LogP) is 2.05. The van der Waals surface area contributed by atoms with Gasteiger partial charge in [0.15, 0.2) is 0 Å². The highest BCUT2D eigenvalue weighted by atomic mass is 16.2. The zero-order chi connectivity index (χ0) is 13.2. The second kappa shape index (κ2) is 5.11. The van der Waals surface area contributed by atoms with Crippen LogP contribution in [0.2, 0.25) is 0 Å². The minimum Gasteiger partial charge on any atom is -0.350 e. The van der Waals surface area contributed by atoms with E-state index < -0.39 is 0 Å². The highest BCUT2D eigenvalue weighted by molar-refractivity contribution is 5.78. The Bertz CT molecular complexity index is 408. The number of nitrogens with one attached hydrogen (secondary N) is 2. The monoisotopic (exact) mass is 246 g/mol. The number of amides is 1. The number of hydrogen-bond donors (Lipinski definition) is 2. The van der Waals surface area contributed by atoms with Crippen molar-refractivity contribution in [2.45, 2.75) is 44.7 Å². The van der Waals surface area contributed by atoms with Crippen LogP contribution in [0.3, 0.4) is 0 Å². The molecule has 2 N–H and O–H groups in total. The number of rotatable bonds is 4. The van der Waals surface area contributed by atoms with E-state index in [1.165, 1.54) is 5.56 Å². The predicted molar refractivity (Wildman–Crippen MR) is 73.5 cm³/mol. The number of benzene rings is 1. The van der Waals surface area contributed by atoms with Crippen molar-refractivity contribution in [1.82, 2.24) is 10.6 Å². The summed E-state index contributed by atoms with van der Waals surface area (Å²) in [6.07, 6.45) is 1.13. The fourth-order valence-electron chi connectivity index (χ4n) is 2.18. The first kappa shape index (κ1) is 13.1. The molecule has 0 spiro atoms. The van der Waals surface area contributed by atoms with Gasteiger partial charge in [0.2, 0.25) is 5.91 Å². The van der Waals surface area contributed by atoms with E-state index in [9.17, 15) is 4.79 Å². The molecule has 0 heterocycles. The van der Waals surface area contributed by atoms with E-state index in [4.69, 9.17) is 0 Å². The van der Waals surface area contributed by atoms with Crippen LogP contribution in [-0.4, -0.2) is 24.0 Å². The van der Waals surface area contributed by atoms with Crippen molar-refractivity contribution < 1.29 is 4.79 Å². The molecule has 0 saturated heterocycles. The molecule has 2 atom stereocenters. The molecule has 98 valence electrons. The van der Waals surface area contributed by atoms with Crippen molar-refractivity contribution in [3.8, 4) is 0 Å². The summed E-state index contributed by atoms with van der Waals surface area (Å²) in [4.78, 5) is 11.7. The van der Waals surface area contributed by atoms with Gasteiger partial charge in [0.1, 0.15) is 0 Å². The fraction of sp³-hybridized carbons (Fsp3) is 0.533. The van der Waals surface area contributed by atoms with Crippen molar-refractivity contribution in [1.29, 1.82) is 0 Å². The molecule has 0 aliphatic heterocycles. The van der Waals surface area contributed by atoms with Gasteiger partial charge in [-0.2, -0.15) is 0 Å². The van der Waals surface area contributed by atoms with Crippen LogP contribution in [0.15, 0.2) is 30.3 Å². The van der Waals surface area contributed by atoms with Crippen molar-refractivity contribution in [3.05, 3.63) is 35.9 Å². The van der Waals surface area contributed by atoms with Crippen molar-refractivity contribution in [2.24, 2.45) is 0 Å². The maximum atomic E-state index is 11.7. The molecule has 0 unspecified atom stereocenters. The van der Waals surface area contributed by atoms with E-state index in [-0.39, 0.29) is 11.4 Å². The molecule has 0 radical (unpaired) electrons. The Kier molecular flexibility index (Phi) is 3.71. The topological polar surface area (TPSA) is 41.1 Å². The summed E-state index contributed by atoms with van der Waals surface area (Å²) < 4.78 is 0. The average molecular weight is 246 g/mol. The Balaban J connectivity index is 1.73. The van der Waals surface area contributed by atoms with Crippen LogP contribution in [0, 0.1) is 0 Å². The average Bonchev–Trinajstić information content (AvgIpc) is 3.05. The number of carbonyl (C=O) groups excluding carboxylic acids is 1. The first-order valence-corrected chi connectivity index (χ1v) is 6.55. The quantitative estimate of drug-likeness (QED) is 0.853. The number of carbonyl (C=O) groups is 1. The van der Waals surface area contributed by atoms with E-state index in [2.05, 4.69) is 34.9 Å². The van der Waals surface area contributed by atoms with Crippen molar-refractivity contribution in [3.63, 3.8) is 0 Å². The molecule has 1 amide bonds. The first-order valence-electron chi connectivity index (χ1n) is 6.55.